The molecule has 1 aliphatic heterocycles. The monoisotopic (exact) mass is 535 g/mol. The maximum atomic E-state index is 14.3. The minimum absolute atomic E-state index is 0.00629. The molecule has 0 spiro atoms. The summed E-state index contributed by atoms with van der Waals surface area (Å²) in [6, 6.07) is 0.0659. The van der Waals surface area contributed by atoms with Gasteiger partial charge in [-0.15, -0.1) is 0 Å². The van der Waals surface area contributed by atoms with E-state index in [9.17, 15) is 23.2 Å². The normalized spacial score (nSPS) is 19.7. The van der Waals surface area contributed by atoms with Crippen molar-refractivity contribution < 1.29 is 32.6 Å². The molecule has 2 aromatic rings. The fourth-order valence-corrected chi connectivity index (χ4v) is 3.99. The summed E-state index contributed by atoms with van der Waals surface area (Å²) >= 11 is 1.92. The number of carbonyl (C=O) groups is 3. The number of nitrogens with zero attached hydrogens (tertiary/aromatic N) is 3. The first-order chi connectivity index (χ1) is 14.3. The van der Waals surface area contributed by atoms with Gasteiger partial charge in [-0.3, -0.25) is 9.69 Å². The van der Waals surface area contributed by atoms with Gasteiger partial charge in [-0.05, 0) is 48.6 Å². The molecular formula is C19H20F2IN3O5. The van der Waals surface area contributed by atoms with Crippen LogP contribution in [0.2, 0.25) is 0 Å². The molecule has 0 saturated carbocycles. The lowest BCUT2D eigenvalue weighted by Crippen LogP contribution is -2.46. The van der Waals surface area contributed by atoms with Crippen molar-refractivity contribution in [3.05, 3.63) is 27.7 Å². The minimum atomic E-state index is -1.60. The Hall–Kier alpha value is -2.31. The standard InChI is InChI=1S/C19H20F2IN3O5/c1-3-29-18(27)16(25-9-12-13(21)6-11(22)7-14(12)23-25)17(26)15-5-10(20)8-24(15)19(28)30-4-2/h6-7,9-10,15-16H,3-5,8H2,1-2H3/t10-,15+,16?/m1/s1. The second-order valence-corrected chi connectivity index (χ2v) is 7.93. The molecule has 2 heterocycles. The number of benzene rings is 1. The van der Waals surface area contributed by atoms with Crippen molar-refractivity contribution in [2.75, 3.05) is 19.8 Å². The van der Waals surface area contributed by atoms with Gasteiger partial charge < -0.3 is 9.47 Å². The lowest BCUT2D eigenvalue weighted by molar-refractivity contribution is -0.152. The third-order valence-electron chi connectivity index (χ3n) is 4.68. The zero-order valence-electron chi connectivity index (χ0n) is 16.3. The number of hydrogen-bond donors (Lipinski definition) is 0. The number of alkyl halides is 1. The first kappa shape index (κ1) is 22.4. The predicted molar refractivity (Wildman–Crippen MR) is 110 cm³/mol. The highest BCUT2D eigenvalue weighted by Crippen LogP contribution is 2.28. The third kappa shape index (κ3) is 4.40. The number of ketones is 1. The largest absolute Gasteiger partial charge is 0.464 e. The summed E-state index contributed by atoms with van der Waals surface area (Å²) in [6.07, 6.45) is -1.33. The quantitative estimate of drug-likeness (QED) is 0.321. The van der Waals surface area contributed by atoms with Gasteiger partial charge in [-0.25, -0.2) is 23.1 Å². The molecule has 1 aromatic heterocycles. The van der Waals surface area contributed by atoms with Crippen LogP contribution in [0.1, 0.15) is 26.3 Å². The van der Waals surface area contributed by atoms with E-state index >= 15 is 0 Å². The van der Waals surface area contributed by atoms with Crippen LogP contribution in [0.15, 0.2) is 18.3 Å². The summed E-state index contributed by atoms with van der Waals surface area (Å²) in [5.74, 6) is -2.25. The SMILES string of the molecule is CCOC(=O)C(C(=O)[C@@H]1C[C@@H](F)CN1C(=O)OCC)n1cc2c(F)cc(I)cc2n1. The Morgan fingerprint density at radius 1 is 1.27 bits per heavy atom. The van der Waals surface area contributed by atoms with Gasteiger partial charge in [-0.2, -0.15) is 5.10 Å². The van der Waals surface area contributed by atoms with Crippen LogP contribution in [-0.4, -0.2) is 64.5 Å². The highest BCUT2D eigenvalue weighted by Gasteiger charge is 2.46. The van der Waals surface area contributed by atoms with Crippen LogP contribution in [-0.2, 0) is 19.1 Å². The van der Waals surface area contributed by atoms with E-state index in [2.05, 4.69) is 5.10 Å². The highest BCUT2D eigenvalue weighted by atomic mass is 127. The van der Waals surface area contributed by atoms with Gasteiger partial charge in [0.15, 0.2) is 5.78 Å². The minimum Gasteiger partial charge on any atom is -0.464 e. The number of rotatable bonds is 6. The Kier molecular flexibility index (Phi) is 6.88. The van der Waals surface area contributed by atoms with Crippen LogP contribution in [0.3, 0.4) is 0 Å². The summed E-state index contributed by atoms with van der Waals surface area (Å²) in [4.78, 5) is 39.1. The number of esters is 1. The van der Waals surface area contributed by atoms with Gasteiger partial charge in [0, 0.05) is 16.2 Å². The first-order valence-electron chi connectivity index (χ1n) is 9.38. The van der Waals surface area contributed by atoms with E-state index in [-0.39, 0.29) is 37.1 Å². The van der Waals surface area contributed by atoms with E-state index in [0.717, 1.165) is 9.58 Å². The van der Waals surface area contributed by atoms with Crippen LogP contribution >= 0.6 is 22.6 Å². The van der Waals surface area contributed by atoms with Gasteiger partial charge in [0.1, 0.15) is 12.0 Å². The zero-order chi connectivity index (χ0) is 22.0. The average Bonchev–Trinajstić information content (AvgIpc) is 3.26. The molecule has 0 bridgehead atoms. The van der Waals surface area contributed by atoms with Crippen LogP contribution in [0.5, 0.6) is 0 Å². The Balaban J connectivity index is 2.01. The maximum Gasteiger partial charge on any atom is 0.410 e. The molecule has 162 valence electrons. The first-order valence-corrected chi connectivity index (χ1v) is 10.5. The molecule has 0 aliphatic carbocycles. The molecule has 1 fully saturated rings. The van der Waals surface area contributed by atoms with Gasteiger partial charge >= 0.3 is 12.1 Å². The summed E-state index contributed by atoms with van der Waals surface area (Å²) in [7, 11) is 0. The molecule has 30 heavy (non-hydrogen) atoms. The Morgan fingerprint density at radius 3 is 2.63 bits per heavy atom. The average molecular weight is 535 g/mol. The Morgan fingerprint density at radius 2 is 1.97 bits per heavy atom. The van der Waals surface area contributed by atoms with Gasteiger partial charge in [0.2, 0.25) is 6.04 Å². The van der Waals surface area contributed by atoms with Crippen LogP contribution < -0.4 is 0 Å². The fourth-order valence-electron chi connectivity index (χ4n) is 3.42. The number of ether oxygens (including phenoxy) is 2. The Labute approximate surface area is 184 Å². The maximum absolute atomic E-state index is 14.3. The van der Waals surface area contributed by atoms with Crippen molar-refractivity contribution >= 4 is 51.3 Å². The third-order valence-corrected chi connectivity index (χ3v) is 5.30. The summed E-state index contributed by atoms with van der Waals surface area (Å²) in [6.45, 7) is 2.88. The van der Waals surface area contributed by atoms with E-state index in [1.54, 1.807) is 19.9 Å². The Bertz CT molecular complexity index is 982. The number of amides is 1. The molecule has 0 N–H and O–H groups in total. The molecular weight excluding hydrogens is 515 g/mol. The molecule has 11 heteroatoms. The molecule has 1 unspecified atom stereocenters. The van der Waals surface area contributed by atoms with E-state index in [1.807, 2.05) is 22.6 Å². The molecule has 1 amide bonds. The van der Waals surface area contributed by atoms with E-state index in [0.29, 0.717) is 3.57 Å². The summed E-state index contributed by atoms with van der Waals surface area (Å²) in [5.41, 5.74) is 0.249. The highest BCUT2D eigenvalue weighted by molar-refractivity contribution is 14.1. The predicted octanol–water partition coefficient (Wildman–Crippen LogP) is 3.02. The molecule has 8 nitrogen and oxygen atoms in total. The van der Waals surface area contributed by atoms with Crippen LogP contribution in [0, 0.1) is 9.39 Å². The molecule has 1 saturated heterocycles. The van der Waals surface area contributed by atoms with Crippen molar-refractivity contribution in [2.24, 2.45) is 0 Å². The molecule has 3 rings (SSSR count). The number of Topliss-reactive ketones (excluding diaryl/α,β-unsaturated/α-hetero) is 1. The summed E-state index contributed by atoms with van der Waals surface area (Å²) < 4.78 is 39.9. The van der Waals surface area contributed by atoms with E-state index in [1.165, 1.54) is 12.3 Å². The number of hydrogen-bond acceptors (Lipinski definition) is 6. The van der Waals surface area contributed by atoms with Crippen molar-refractivity contribution in [3.63, 3.8) is 0 Å². The molecule has 3 atom stereocenters. The molecule has 1 aliphatic rings. The number of halogens is 3. The fraction of sp³-hybridized carbons (Fsp3) is 0.474. The lowest BCUT2D eigenvalue weighted by atomic mass is 10.0. The number of aromatic nitrogens is 2. The van der Waals surface area contributed by atoms with E-state index in [4.69, 9.17) is 9.47 Å². The summed E-state index contributed by atoms with van der Waals surface area (Å²) in [5, 5.41) is 4.30. The second kappa shape index (κ2) is 9.23. The van der Waals surface area contributed by atoms with Crippen molar-refractivity contribution in [1.29, 1.82) is 0 Å². The number of carbonyl (C=O) groups excluding carboxylic acids is 3. The van der Waals surface area contributed by atoms with E-state index < -0.39 is 41.9 Å². The van der Waals surface area contributed by atoms with Gasteiger partial charge in [0.05, 0.1) is 36.7 Å². The van der Waals surface area contributed by atoms with Crippen LogP contribution in [0.4, 0.5) is 13.6 Å². The topological polar surface area (TPSA) is 90.7 Å². The second-order valence-electron chi connectivity index (χ2n) is 6.69. The number of fused-ring (bicyclic) bond motifs is 1. The molecule has 1 aromatic carbocycles. The smallest absolute Gasteiger partial charge is 0.410 e. The van der Waals surface area contributed by atoms with Gasteiger partial charge in [0.25, 0.3) is 0 Å². The molecule has 0 radical (unpaired) electrons. The van der Waals surface area contributed by atoms with Crippen molar-refractivity contribution in [1.82, 2.24) is 14.7 Å². The van der Waals surface area contributed by atoms with Crippen molar-refractivity contribution in [2.45, 2.75) is 38.5 Å². The van der Waals surface area contributed by atoms with Crippen LogP contribution in [0.25, 0.3) is 10.9 Å². The van der Waals surface area contributed by atoms with Gasteiger partial charge in [-0.1, -0.05) is 0 Å². The number of likely N-dealkylation sites (tertiary alicyclic amines) is 1. The lowest BCUT2D eigenvalue weighted by Gasteiger charge is -2.25. The van der Waals surface area contributed by atoms with Crippen molar-refractivity contribution in [3.8, 4) is 0 Å². The zero-order valence-corrected chi connectivity index (χ0v) is 18.5.